The van der Waals surface area contributed by atoms with Crippen molar-refractivity contribution < 1.29 is 13.3 Å². The highest BCUT2D eigenvalue weighted by Gasteiger charge is 2.16. The van der Waals surface area contributed by atoms with Crippen molar-refractivity contribution >= 4 is 22.8 Å². The second kappa shape index (κ2) is 8.42. The van der Waals surface area contributed by atoms with Gasteiger partial charge in [0.05, 0.1) is 0 Å². The van der Waals surface area contributed by atoms with Gasteiger partial charge in [0.15, 0.2) is 17.0 Å². The number of hydrogen-bond acceptors (Lipinski definition) is 6. The molecule has 1 N–H and O–H groups in total. The van der Waals surface area contributed by atoms with Gasteiger partial charge < -0.3 is 9.51 Å². The Morgan fingerprint density at radius 3 is 2.74 bits per heavy atom. The summed E-state index contributed by atoms with van der Waals surface area (Å²) < 4.78 is 34.4. The Kier molecular flexibility index (Phi) is 5.68. The van der Waals surface area contributed by atoms with Crippen LogP contribution in [-0.4, -0.2) is 29.2 Å². The van der Waals surface area contributed by atoms with Crippen LogP contribution in [0.15, 0.2) is 32.3 Å². The molecule has 4 rings (SSSR count). The molecule has 162 valence electrons. The first kappa shape index (κ1) is 20.9. The number of nitrogens with zero attached hydrogens (tertiary/aromatic N) is 5. The molecule has 0 atom stereocenters. The van der Waals surface area contributed by atoms with Gasteiger partial charge in [0.2, 0.25) is 11.2 Å². The topological polar surface area (TPSA) is 112 Å². The summed E-state index contributed by atoms with van der Waals surface area (Å²) in [4.78, 5) is 36.2. The van der Waals surface area contributed by atoms with E-state index in [4.69, 9.17) is 16.1 Å². The van der Waals surface area contributed by atoms with Crippen LogP contribution in [0.25, 0.3) is 11.2 Å². The monoisotopic (exact) mass is 450 g/mol. The number of rotatable bonds is 7. The van der Waals surface area contributed by atoms with Crippen LogP contribution in [-0.2, 0) is 25.9 Å². The fraction of sp³-hybridized carbons (Fsp3) is 0.316. The molecule has 0 amide bonds. The van der Waals surface area contributed by atoms with Gasteiger partial charge in [-0.05, 0) is 36.6 Å². The lowest BCUT2D eigenvalue weighted by atomic mass is 10.1. The molecule has 3 heterocycles. The predicted molar refractivity (Wildman–Crippen MR) is 107 cm³/mol. The van der Waals surface area contributed by atoms with Crippen molar-refractivity contribution in [3.63, 3.8) is 0 Å². The van der Waals surface area contributed by atoms with E-state index in [0.29, 0.717) is 19.4 Å². The number of fused-ring (bicyclic) bond motifs is 1. The first-order valence-electron chi connectivity index (χ1n) is 9.51. The number of aryl methyl sites for hydroxylation is 2. The van der Waals surface area contributed by atoms with Crippen LogP contribution in [0.3, 0.4) is 0 Å². The number of halogens is 3. The van der Waals surface area contributed by atoms with Gasteiger partial charge in [0, 0.05) is 32.0 Å². The Labute approximate surface area is 178 Å². The number of hydrogen-bond donors (Lipinski definition) is 1. The molecule has 0 saturated carbocycles. The fourth-order valence-electron chi connectivity index (χ4n) is 3.31. The Hall–Kier alpha value is -3.34. The highest BCUT2D eigenvalue weighted by Crippen LogP contribution is 2.14. The Morgan fingerprint density at radius 1 is 1.19 bits per heavy atom. The van der Waals surface area contributed by atoms with Gasteiger partial charge in [-0.3, -0.25) is 13.9 Å². The van der Waals surface area contributed by atoms with E-state index in [9.17, 15) is 18.4 Å². The van der Waals surface area contributed by atoms with Crippen LogP contribution in [0.4, 0.5) is 8.78 Å². The standard InChI is InChI=1S/C19H17ClF2N6O3/c1-2-27-16-15(24-18(20)25-16)17(29)28(19(27)30)7-3-4-14-23-13(26-31-14)8-10-5-6-11(21)9-12(10)22/h5-6,9H,2-4,7-8H2,1H3,(H,24,25). The second-order valence-corrected chi connectivity index (χ2v) is 7.19. The predicted octanol–water partition coefficient (Wildman–Crippen LogP) is 2.44. The first-order chi connectivity index (χ1) is 14.9. The van der Waals surface area contributed by atoms with Gasteiger partial charge in [0.1, 0.15) is 11.6 Å². The number of aromatic amines is 1. The normalized spacial score (nSPS) is 11.5. The van der Waals surface area contributed by atoms with E-state index in [1.807, 2.05) is 0 Å². The maximum absolute atomic E-state index is 13.8. The van der Waals surface area contributed by atoms with E-state index in [0.717, 1.165) is 16.7 Å². The van der Waals surface area contributed by atoms with Crippen LogP contribution < -0.4 is 11.2 Å². The molecule has 1 aromatic carbocycles. The molecule has 0 bridgehead atoms. The van der Waals surface area contributed by atoms with E-state index in [1.54, 1.807) is 6.92 Å². The zero-order valence-electron chi connectivity index (χ0n) is 16.4. The number of nitrogens with one attached hydrogen (secondary N) is 1. The molecule has 0 aliphatic heterocycles. The number of H-pyrrole nitrogens is 1. The van der Waals surface area contributed by atoms with Crippen molar-refractivity contribution in [2.75, 3.05) is 0 Å². The summed E-state index contributed by atoms with van der Waals surface area (Å²) in [7, 11) is 0. The minimum atomic E-state index is -0.688. The van der Waals surface area contributed by atoms with Gasteiger partial charge >= 0.3 is 5.69 Å². The van der Waals surface area contributed by atoms with E-state index in [1.165, 1.54) is 10.6 Å². The van der Waals surface area contributed by atoms with E-state index in [-0.39, 0.29) is 46.7 Å². The lowest BCUT2D eigenvalue weighted by Crippen LogP contribution is -2.40. The third kappa shape index (κ3) is 4.13. The Bertz CT molecular complexity index is 1370. The highest BCUT2D eigenvalue weighted by atomic mass is 35.5. The van der Waals surface area contributed by atoms with Crippen molar-refractivity contribution in [1.29, 1.82) is 0 Å². The van der Waals surface area contributed by atoms with Crippen molar-refractivity contribution in [3.05, 3.63) is 73.2 Å². The Morgan fingerprint density at radius 2 is 2.00 bits per heavy atom. The van der Waals surface area contributed by atoms with Crippen molar-refractivity contribution in [1.82, 2.24) is 29.2 Å². The minimum Gasteiger partial charge on any atom is -0.339 e. The molecule has 31 heavy (non-hydrogen) atoms. The van der Waals surface area contributed by atoms with Crippen LogP contribution in [0.1, 0.15) is 30.6 Å². The van der Waals surface area contributed by atoms with Gasteiger partial charge in [0.25, 0.3) is 5.56 Å². The average molecular weight is 451 g/mol. The van der Waals surface area contributed by atoms with Crippen LogP contribution in [0, 0.1) is 11.6 Å². The SMILES string of the molecule is CCn1c(=O)n(CCCc2nc(Cc3ccc(F)cc3F)no2)c(=O)c2[nH]c(Cl)nc21. The van der Waals surface area contributed by atoms with Crippen molar-refractivity contribution in [2.45, 2.75) is 39.3 Å². The zero-order chi connectivity index (χ0) is 22.1. The summed E-state index contributed by atoms with van der Waals surface area (Å²) in [6, 6.07) is 3.27. The summed E-state index contributed by atoms with van der Waals surface area (Å²) in [6.45, 7) is 2.21. The maximum atomic E-state index is 13.8. The summed E-state index contributed by atoms with van der Waals surface area (Å²) in [5.74, 6) is -0.818. The van der Waals surface area contributed by atoms with Crippen molar-refractivity contribution in [3.8, 4) is 0 Å². The van der Waals surface area contributed by atoms with Gasteiger partial charge in [-0.2, -0.15) is 9.97 Å². The van der Waals surface area contributed by atoms with Crippen LogP contribution in [0.2, 0.25) is 5.28 Å². The van der Waals surface area contributed by atoms with Crippen LogP contribution >= 0.6 is 11.6 Å². The average Bonchev–Trinajstić information content (AvgIpc) is 3.33. The summed E-state index contributed by atoms with van der Waals surface area (Å²) in [5.41, 5.74) is -0.378. The third-order valence-electron chi connectivity index (χ3n) is 4.79. The van der Waals surface area contributed by atoms with Gasteiger partial charge in [-0.1, -0.05) is 11.2 Å². The molecule has 12 heteroatoms. The van der Waals surface area contributed by atoms with E-state index in [2.05, 4.69) is 20.1 Å². The molecule has 0 unspecified atom stereocenters. The quantitative estimate of drug-likeness (QED) is 0.433. The van der Waals surface area contributed by atoms with Gasteiger partial charge in [-0.15, -0.1) is 0 Å². The third-order valence-corrected chi connectivity index (χ3v) is 4.97. The summed E-state index contributed by atoms with van der Waals surface area (Å²) in [6.07, 6.45) is 0.727. The van der Waals surface area contributed by atoms with Crippen LogP contribution in [0.5, 0.6) is 0 Å². The molecule has 9 nitrogen and oxygen atoms in total. The lowest BCUT2D eigenvalue weighted by molar-refractivity contribution is 0.367. The summed E-state index contributed by atoms with van der Waals surface area (Å²) in [5, 5.41) is 3.83. The zero-order valence-corrected chi connectivity index (χ0v) is 17.1. The summed E-state index contributed by atoms with van der Waals surface area (Å²) >= 11 is 5.85. The molecular formula is C19H17ClF2N6O3. The number of imidazole rings is 1. The second-order valence-electron chi connectivity index (χ2n) is 6.83. The van der Waals surface area contributed by atoms with E-state index >= 15 is 0 Å². The first-order valence-corrected chi connectivity index (χ1v) is 9.89. The van der Waals surface area contributed by atoms with Crippen molar-refractivity contribution in [2.24, 2.45) is 0 Å². The molecular weight excluding hydrogens is 434 g/mol. The lowest BCUT2D eigenvalue weighted by Gasteiger charge is -2.08. The highest BCUT2D eigenvalue weighted by molar-refractivity contribution is 6.28. The Balaban J connectivity index is 1.47. The largest absolute Gasteiger partial charge is 0.339 e. The van der Waals surface area contributed by atoms with E-state index < -0.39 is 22.9 Å². The molecule has 3 aromatic heterocycles. The molecule has 0 aliphatic carbocycles. The molecule has 0 saturated heterocycles. The molecule has 4 aromatic rings. The minimum absolute atomic E-state index is 0.0300. The number of benzene rings is 1. The smallest absolute Gasteiger partial charge is 0.332 e. The van der Waals surface area contributed by atoms with Gasteiger partial charge in [-0.25, -0.2) is 13.6 Å². The molecule has 0 spiro atoms. The molecule has 0 radical (unpaired) electrons. The maximum Gasteiger partial charge on any atom is 0.332 e. The fourth-order valence-corrected chi connectivity index (χ4v) is 3.48. The number of aromatic nitrogens is 6. The molecule has 0 fully saturated rings. The molecule has 0 aliphatic rings.